The molecule has 0 amide bonds. The van der Waals surface area contributed by atoms with Crippen molar-refractivity contribution >= 4 is 5.97 Å². The molecule has 4 N–H and O–H groups in total. The predicted molar refractivity (Wildman–Crippen MR) is 55.6 cm³/mol. The highest BCUT2D eigenvalue weighted by atomic mass is 16.5. The van der Waals surface area contributed by atoms with Crippen LogP contribution >= 0.6 is 0 Å². The van der Waals surface area contributed by atoms with E-state index < -0.39 is 18.2 Å². The Kier molecular flexibility index (Phi) is 4.36. The topological polar surface area (TPSA) is 106 Å². The first-order valence-electron chi connectivity index (χ1n) is 4.71. The minimum atomic E-state index is -1.26. The zero-order valence-corrected chi connectivity index (χ0v) is 8.83. The fourth-order valence-corrected chi connectivity index (χ4v) is 1.26. The second-order valence-electron chi connectivity index (χ2n) is 3.18. The van der Waals surface area contributed by atoms with Gasteiger partial charge in [-0.3, -0.25) is 0 Å². The molecule has 6 nitrogen and oxygen atoms in total. The summed E-state index contributed by atoms with van der Waals surface area (Å²) in [6.45, 7) is -0.114. The van der Waals surface area contributed by atoms with Crippen LogP contribution in [0.3, 0.4) is 0 Å². The van der Waals surface area contributed by atoms with Gasteiger partial charge in [-0.15, -0.1) is 0 Å². The first-order valence-corrected chi connectivity index (χ1v) is 4.71. The Morgan fingerprint density at radius 3 is 2.88 bits per heavy atom. The normalized spacial score (nSPS) is 14.2. The molecule has 6 heteroatoms. The van der Waals surface area contributed by atoms with Crippen molar-refractivity contribution < 1.29 is 19.7 Å². The molecular weight excluding hydrogens is 212 g/mol. The van der Waals surface area contributed by atoms with Gasteiger partial charge in [0.05, 0.1) is 13.2 Å². The molecule has 1 heterocycles. The number of aliphatic hydroxyl groups is 2. The van der Waals surface area contributed by atoms with Crippen LogP contribution in [0.4, 0.5) is 0 Å². The third-order valence-corrected chi connectivity index (χ3v) is 2.14. The number of hydrogen-bond donors (Lipinski definition) is 3. The lowest BCUT2D eigenvalue weighted by atomic mass is 10.0. The Morgan fingerprint density at radius 2 is 2.31 bits per heavy atom. The molecule has 1 rings (SSSR count). The highest BCUT2D eigenvalue weighted by Crippen LogP contribution is 2.19. The molecule has 0 spiro atoms. The summed E-state index contributed by atoms with van der Waals surface area (Å²) in [7, 11) is 1.21. The summed E-state index contributed by atoms with van der Waals surface area (Å²) in [4.78, 5) is 15.1. The zero-order chi connectivity index (χ0) is 12.1. The number of methoxy groups -OCH3 is 1. The molecule has 1 aromatic rings. The van der Waals surface area contributed by atoms with E-state index in [4.69, 9.17) is 5.73 Å². The lowest BCUT2D eigenvalue weighted by Gasteiger charge is -2.17. The summed E-state index contributed by atoms with van der Waals surface area (Å²) in [6, 6.07) is 3.04. The lowest BCUT2D eigenvalue weighted by molar-refractivity contribution is 0.0224. The van der Waals surface area contributed by atoms with Crippen molar-refractivity contribution in [3.05, 3.63) is 29.6 Å². The number of carbonyl (C=O) groups is 1. The van der Waals surface area contributed by atoms with Gasteiger partial charge >= 0.3 is 5.97 Å². The van der Waals surface area contributed by atoms with Crippen LogP contribution in [-0.2, 0) is 4.74 Å². The standard InChI is InChI=1S/C10H14N2O4/c1-16-10(15)8-6(3-2-4-12-8)9(14)7(13)5-11/h2-4,7,9,13-14H,5,11H2,1H3. The Bertz CT molecular complexity index is 370. The van der Waals surface area contributed by atoms with Crippen molar-refractivity contribution in [2.45, 2.75) is 12.2 Å². The van der Waals surface area contributed by atoms with E-state index >= 15 is 0 Å². The number of aliphatic hydroxyl groups excluding tert-OH is 2. The first kappa shape index (κ1) is 12.6. The molecular formula is C10H14N2O4. The molecule has 88 valence electrons. The molecule has 0 saturated heterocycles. The number of pyridine rings is 1. The summed E-state index contributed by atoms with van der Waals surface area (Å²) in [6.07, 6.45) is -1.00. The van der Waals surface area contributed by atoms with Gasteiger partial charge in [0.15, 0.2) is 5.69 Å². The van der Waals surface area contributed by atoms with Gasteiger partial charge in [-0.05, 0) is 6.07 Å². The van der Waals surface area contributed by atoms with Gasteiger partial charge in [0.25, 0.3) is 0 Å². The van der Waals surface area contributed by atoms with Gasteiger partial charge in [0.2, 0.25) is 0 Å². The largest absolute Gasteiger partial charge is 0.464 e. The Labute approximate surface area is 92.7 Å². The van der Waals surface area contributed by atoms with E-state index in [0.717, 1.165) is 0 Å². The number of esters is 1. The fraction of sp³-hybridized carbons (Fsp3) is 0.400. The number of ether oxygens (including phenoxy) is 1. The van der Waals surface area contributed by atoms with E-state index in [-0.39, 0.29) is 17.8 Å². The molecule has 0 fully saturated rings. The van der Waals surface area contributed by atoms with Crippen molar-refractivity contribution in [1.29, 1.82) is 0 Å². The molecule has 0 saturated carbocycles. The molecule has 0 aliphatic carbocycles. The van der Waals surface area contributed by atoms with Gasteiger partial charge in [-0.2, -0.15) is 0 Å². The minimum Gasteiger partial charge on any atom is -0.464 e. The Balaban J connectivity index is 3.08. The van der Waals surface area contributed by atoms with E-state index in [1.807, 2.05) is 0 Å². The maximum Gasteiger partial charge on any atom is 0.357 e. The number of nitrogens with two attached hydrogens (primary N) is 1. The highest BCUT2D eigenvalue weighted by molar-refractivity contribution is 5.88. The lowest BCUT2D eigenvalue weighted by Crippen LogP contribution is -2.28. The van der Waals surface area contributed by atoms with E-state index in [1.54, 1.807) is 6.07 Å². The molecule has 0 aromatic carbocycles. The van der Waals surface area contributed by atoms with Crippen LogP contribution in [-0.4, -0.2) is 40.9 Å². The van der Waals surface area contributed by atoms with E-state index in [1.165, 1.54) is 19.4 Å². The average Bonchev–Trinajstić information content (AvgIpc) is 2.35. The number of aromatic nitrogens is 1. The van der Waals surface area contributed by atoms with E-state index in [9.17, 15) is 15.0 Å². The summed E-state index contributed by atoms with van der Waals surface area (Å²) < 4.78 is 4.52. The first-order chi connectivity index (χ1) is 7.61. The molecule has 16 heavy (non-hydrogen) atoms. The molecule has 0 aliphatic rings. The number of hydrogen-bond acceptors (Lipinski definition) is 6. The highest BCUT2D eigenvalue weighted by Gasteiger charge is 2.23. The molecule has 1 aromatic heterocycles. The van der Waals surface area contributed by atoms with E-state index in [0.29, 0.717) is 0 Å². The van der Waals surface area contributed by atoms with Crippen LogP contribution in [0.15, 0.2) is 18.3 Å². The summed E-state index contributed by atoms with van der Waals surface area (Å²) in [5.74, 6) is -0.668. The van der Waals surface area contributed by atoms with Crippen molar-refractivity contribution in [2.24, 2.45) is 5.73 Å². The monoisotopic (exact) mass is 226 g/mol. The van der Waals surface area contributed by atoms with Crippen LogP contribution in [0.1, 0.15) is 22.2 Å². The Morgan fingerprint density at radius 1 is 1.62 bits per heavy atom. The second kappa shape index (κ2) is 5.55. The van der Waals surface area contributed by atoms with E-state index in [2.05, 4.69) is 9.72 Å². The predicted octanol–water partition coefficient (Wildman–Crippen LogP) is -0.779. The molecule has 0 radical (unpaired) electrons. The molecule has 2 unspecified atom stereocenters. The van der Waals surface area contributed by atoms with Crippen molar-refractivity contribution in [3.8, 4) is 0 Å². The van der Waals surface area contributed by atoms with Crippen LogP contribution in [0.5, 0.6) is 0 Å². The molecule has 2 atom stereocenters. The maximum absolute atomic E-state index is 11.3. The zero-order valence-electron chi connectivity index (χ0n) is 8.83. The van der Waals surface area contributed by atoms with Gasteiger partial charge in [0.1, 0.15) is 6.10 Å². The second-order valence-corrected chi connectivity index (χ2v) is 3.18. The van der Waals surface area contributed by atoms with Crippen molar-refractivity contribution in [1.82, 2.24) is 4.98 Å². The van der Waals surface area contributed by atoms with Crippen LogP contribution in [0.2, 0.25) is 0 Å². The SMILES string of the molecule is COC(=O)c1ncccc1C(O)C(O)CN. The smallest absolute Gasteiger partial charge is 0.357 e. The molecule has 0 bridgehead atoms. The van der Waals surface area contributed by atoms with Crippen molar-refractivity contribution in [2.75, 3.05) is 13.7 Å². The van der Waals surface area contributed by atoms with Crippen LogP contribution < -0.4 is 5.73 Å². The fourth-order valence-electron chi connectivity index (χ4n) is 1.26. The van der Waals surface area contributed by atoms with Gasteiger partial charge in [-0.25, -0.2) is 9.78 Å². The summed E-state index contributed by atoms with van der Waals surface area (Å²) in [5.41, 5.74) is 5.40. The van der Waals surface area contributed by atoms with Gasteiger partial charge in [0, 0.05) is 18.3 Å². The maximum atomic E-state index is 11.3. The summed E-state index contributed by atoms with van der Waals surface area (Å²) in [5, 5.41) is 19.1. The van der Waals surface area contributed by atoms with Gasteiger partial charge in [-0.1, -0.05) is 6.07 Å². The van der Waals surface area contributed by atoms with Crippen LogP contribution in [0, 0.1) is 0 Å². The number of nitrogens with zero attached hydrogens (tertiary/aromatic N) is 1. The van der Waals surface area contributed by atoms with Gasteiger partial charge < -0.3 is 20.7 Å². The quantitative estimate of drug-likeness (QED) is 0.582. The van der Waals surface area contributed by atoms with Crippen molar-refractivity contribution in [3.63, 3.8) is 0 Å². The average molecular weight is 226 g/mol. The minimum absolute atomic E-state index is 0.0231. The Hall–Kier alpha value is -1.50. The number of carbonyl (C=O) groups excluding carboxylic acids is 1. The number of rotatable bonds is 4. The van der Waals surface area contributed by atoms with Crippen LogP contribution in [0.25, 0.3) is 0 Å². The third kappa shape index (κ3) is 2.54. The third-order valence-electron chi connectivity index (χ3n) is 2.14. The summed E-state index contributed by atoms with van der Waals surface area (Å²) >= 11 is 0. The molecule has 0 aliphatic heterocycles.